The quantitative estimate of drug-likeness (QED) is 0.709. The van der Waals surface area contributed by atoms with Gasteiger partial charge in [0.2, 0.25) is 0 Å². The predicted octanol–water partition coefficient (Wildman–Crippen LogP) is 4.00. The van der Waals surface area contributed by atoms with Crippen molar-refractivity contribution in [3.8, 4) is 11.5 Å². The Balaban J connectivity index is 1.69. The summed E-state index contributed by atoms with van der Waals surface area (Å²) in [6.45, 7) is 0. The molecule has 5 rings (SSSR count). The van der Waals surface area contributed by atoms with Crippen molar-refractivity contribution in [3.63, 3.8) is 0 Å². The van der Waals surface area contributed by atoms with E-state index < -0.39 is 12.0 Å². The molecule has 2 bridgehead atoms. The summed E-state index contributed by atoms with van der Waals surface area (Å²) < 4.78 is 17.7. The molecule has 2 aliphatic rings. The maximum absolute atomic E-state index is 13.6. The van der Waals surface area contributed by atoms with Gasteiger partial charge in [-0.15, -0.1) is 0 Å². The molecule has 3 aromatic rings. The molecule has 1 saturated heterocycles. The van der Waals surface area contributed by atoms with E-state index in [1.54, 1.807) is 36.3 Å². The molecule has 3 aromatic carbocycles. The van der Waals surface area contributed by atoms with Crippen LogP contribution in [-0.2, 0) is 15.3 Å². The lowest BCUT2D eigenvalue weighted by molar-refractivity contribution is -0.198. The third-order valence-electron chi connectivity index (χ3n) is 4.96. The van der Waals surface area contributed by atoms with E-state index in [0.29, 0.717) is 17.1 Å². The highest BCUT2D eigenvalue weighted by molar-refractivity contribution is 6.02. The number of methoxy groups -OCH3 is 1. The predicted molar refractivity (Wildman–Crippen MR) is 99.5 cm³/mol. The smallest absolute Gasteiger partial charge is 0.321 e. The van der Waals surface area contributed by atoms with Crippen LogP contribution in [0.25, 0.3) is 0 Å². The molecule has 2 heterocycles. The van der Waals surface area contributed by atoms with Gasteiger partial charge in [0.05, 0.1) is 7.11 Å². The molecule has 1 fully saturated rings. The Labute approximate surface area is 156 Å². The molecule has 0 aliphatic carbocycles. The van der Waals surface area contributed by atoms with Crippen molar-refractivity contribution in [2.45, 2.75) is 12.0 Å². The lowest BCUT2D eigenvalue weighted by atomic mass is 10.0. The Morgan fingerprint density at radius 1 is 0.926 bits per heavy atom. The molecule has 27 heavy (non-hydrogen) atoms. The van der Waals surface area contributed by atoms with Gasteiger partial charge in [0.15, 0.2) is 6.23 Å². The van der Waals surface area contributed by atoms with Crippen molar-refractivity contribution in [2.75, 3.05) is 12.0 Å². The highest BCUT2D eigenvalue weighted by atomic mass is 16.7. The lowest BCUT2D eigenvalue weighted by Crippen LogP contribution is -2.43. The average Bonchev–Trinajstić information content (AvgIpc) is 2.97. The summed E-state index contributed by atoms with van der Waals surface area (Å²) in [5.41, 5.74) is 2.23. The molecule has 5 heteroatoms. The fraction of sp³-hybridized carbons (Fsp3) is 0.136. The standard InChI is InChI=1S/C22H17NO4/c1-25-17-13-11-15(12-14-17)22-21(24)23(16-7-3-2-4-8-16)20(27-22)18-9-5-6-10-19(18)26-22/h2-14,20H,1H3. The van der Waals surface area contributed by atoms with Crippen LogP contribution in [0.4, 0.5) is 5.69 Å². The number of carbonyl (C=O) groups excluding carboxylic acids is 1. The van der Waals surface area contributed by atoms with E-state index in [1.807, 2.05) is 54.6 Å². The van der Waals surface area contributed by atoms with Crippen LogP contribution in [0.5, 0.6) is 11.5 Å². The largest absolute Gasteiger partial charge is 0.497 e. The number of para-hydroxylation sites is 2. The van der Waals surface area contributed by atoms with Crippen molar-refractivity contribution in [2.24, 2.45) is 0 Å². The summed E-state index contributed by atoms with van der Waals surface area (Å²) in [7, 11) is 1.60. The minimum absolute atomic E-state index is 0.250. The Kier molecular flexibility index (Phi) is 3.45. The SMILES string of the molecule is COc1ccc(C23Oc4ccccc4C(O2)N(c2ccccc2)C3=O)cc1. The summed E-state index contributed by atoms with van der Waals surface area (Å²) in [5, 5.41) is 0. The van der Waals surface area contributed by atoms with Crippen molar-refractivity contribution in [1.29, 1.82) is 0 Å². The number of hydrogen-bond donors (Lipinski definition) is 0. The zero-order chi connectivity index (χ0) is 18.4. The second-order valence-corrected chi connectivity index (χ2v) is 6.47. The molecule has 0 aromatic heterocycles. The van der Waals surface area contributed by atoms with E-state index >= 15 is 0 Å². The van der Waals surface area contributed by atoms with Crippen LogP contribution in [0, 0.1) is 0 Å². The van der Waals surface area contributed by atoms with Crippen LogP contribution in [0.2, 0.25) is 0 Å². The Morgan fingerprint density at radius 2 is 1.63 bits per heavy atom. The zero-order valence-electron chi connectivity index (χ0n) is 14.7. The molecule has 2 aliphatic heterocycles. The number of hydrogen-bond acceptors (Lipinski definition) is 4. The number of ether oxygens (including phenoxy) is 3. The zero-order valence-corrected chi connectivity index (χ0v) is 14.7. The Hall–Kier alpha value is -3.31. The van der Waals surface area contributed by atoms with Crippen molar-refractivity contribution < 1.29 is 19.0 Å². The van der Waals surface area contributed by atoms with Crippen LogP contribution in [0.3, 0.4) is 0 Å². The molecule has 2 atom stereocenters. The fourth-order valence-electron chi connectivity index (χ4n) is 3.63. The van der Waals surface area contributed by atoms with E-state index in [9.17, 15) is 4.79 Å². The summed E-state index contributed by atoms with van der Waals surface area (Å²) >= 11 is 0. The molecule has 134 valence electrons. The monoisotopic (exact) mass is 359 g/mol. The number of amides is 1. The summed E-state index contributed by atoms with van der Waals surface area (Å²) in [4.78, 5) is 15.2. The number of rotatable bonds is 3. The van der Waals surface area contributed by atoms with Crippen LogP contribution in [0.1, 0.15) is 17.4 Å². The van der Waals surface area contributed by atoms with Gasteiger partial charge in [0.25, 0.3) is 0 Å². The van der Waals surface area contributed by atoms with Crippen molar-refractivity contribution >= 4 is 11.6 Å². The molecular weight excluding hydrogens is 342 g/mol. The van der Waals surface area contributed by atoms with Crippen LogP contribution in [-0.4, -0.2) is 13.0 Å². The molecule has 0 saturated carbocycles. The van der Waals surface area contributed by atoms with Gasteiger partial charge in [-0.1, -0.05) is 36.4 Å². The van der Waals surface area contributed by atoms with Crippen LogP contribution in [0.15, 0.2) is 78.9 Å². The average molecular weight is 359 g/mol. The molecular formula is C22H17NO4. The van der Waals surface area contributed by atoms with Crippen LogP contribution < -0.4 is 14.4 Å². The molecule has 0 radical (unpaired) electrons. The maximum Gasteiger partial charge on any atom is 0.321 e. The lowest BCUT2D eigenvalue weighted by Gasteiger charge is -2.32. The number of carbonyl (C=O) groups is 1. The van der Waals surface area contributed by atoms with Gasteiger partial charge in [-0.2, -0.15) is 0 Å². The van der Waals surface area contributed by atoms with Gasteiger partial charge in [0, 0.05) is 16.8 Å². The molecule has 5 nitrogen and oxygen atoms in total. The van der Waals surface area contributed by atoms with Gasteiger partial charge in [-0.05, 0) is 42.5 Å². The van der Waals surface area contributed by atoms with Gasteiger partial charge < -0.3 is 14.2 Å². The number of fused-ring (bicyclic) bond motifs is 4. The highest BCUT2D eigenvalue weighted by Gasteiger charge is 2.61. The fourth-order valence-corrected chi connectivity index (χ4v) is 3.63. The Morgan fingerprint density at radius 3 is 2.37 bits per heavy atom. The maximum atomic E-state index is 13.6. The van der Waals surface area contributed by atoms with E-state index in [2.05, 4.69) is 0 Å². The van der Waals surface area contributed by atoms with Crippen LogP contribution >= 0.6 is 0 Å². The van der Waals surface area contributed by atoms with E-state index in [0.717, 1.165) is 11.3 Å². The first-order valence-corrected chi connectivity index (χ1v) is 8.72. The second-order valence-electron chi connectivity index (χ2n) is 6.47. The Bertz CT molecular complexity index is 1000. The first-order chi connectivity index (χ1) is 13.2. The van der Waals surface area contributed by atoms with Gasteiger partial charge in [0.1, 0.15) is 11.5 Å². The van der Waals surface area contributed by atoms with Crippen molar-refractivity contribution in [3.05, 3.63) is 90.0 Å². The van der Waals surface area contributed by atoms with Gasteiger partial charge in [-0.3, -0.25) is 9.69 Å². The van der Waals surface area contributed by atoms with Crippen molar-refractivity contribution in [1.82, 2.24) is 0 Å². The van der Waals surface area contributed by atoms with E-state index in [-0.39, 0.29) is 5.91 Å². The molecule has 2 unspecified atom stereocenters. The first kappa shape index (κ1) is 15.9. The van der Waals surface area contributed by atoms with Gasteiger partial charge in [-0.25, -0.2) is 0 Å². The second kappa shape index (κ2) is 5.86. The summed E-state index contributed by atoms with van der Waals surface area (Å²) in [6, 6.07) is 24.3. The number of benzene rings is 3. The highest BCUT2D eigenvalue weighted by Crippen LogP contribution is 2.52. The normalized spacial score (nSPS) is 22.9. The topological polar surface area (TPSA) is 48.0 Å². The van der Waals surface area contributed by atoms with E-state index in [1.165, 1.54) is 0 Å². The molecule has 1 amide bonds. The summed E-state index contributed by atoms with van der Waals surface area (Å²) in [5.74, 6) is -0.411. The number of nitrogens with zero attached hydrogens (tertiary/aromatic N) is 1. The number of anilines is 1. The summed E-state index contributed by atoms with van der Waals surface area (Å²) in [6.07, 6.45) is -0.549. The third kappa shape index (κ3) is 2.25. The minimum Gasteiger partial charge on any atom is -0.497 e. The molecule has 0 spiro atoms. The third-order valence-corrected chi connectivity index (χ3v) is 4.96. The van der Waals surface area contributed by atoms with Gasteiger partial charge >= 0.3 is 11.7 Å². The molecule has 0 N–H and O–H groups in total. The minimum atomic E-state index is -1.51. The van der Waals surface area contributed by atoms with E-state index in [4.69, 9.17) is 14.2 Å². The first-order valence-electron chi connectivity index (χ1n) is 8.72.